The Kier molecular flexibility index (Phi) is 4.62. The van der Waals surface area contributed by atoms with Crippen molar-refractivity contribution in [3.8, 4) is 0 Å². The van der Waals surface area contributed by atoms with Crippen molar-refractivity contribution < 1.29 is 13.7 Å². The third-order valence-corrected chi connectivity index (χ3v) is 5.92. The van der Waals surface area contributed by atoms with Crippen LogP contribution in [-0.2, 0) is 19.4 Å². The van der Waals surface area contributed by atoms with Crippen LogP contribution in [-0.4, -0.2) is 27.1 Å². The predicted octanol–water partition coefficient (Wildman–Crippen LogP) is 4.30. The van der Waals surface area contributed by atoms with E-state index in [1.807, 2.05) is 59.5 Å². The monoisotopic (exact) mass is 391 g/mol. The fourth-order valence-corrected chi connectivity index (χ4v) is 4.26. The van der Waals surface area contributed by atoms with Crippen molar-refractivity contribution >= 4 is 5.91 Å². The minimum absolute atomic E-state index is 0.0134. The Bertz CT molecular complexity index is 1010. The summed E-state index contributed by atoms with van der Waals surface area (Å²) in [6.07, 6.45) is 1.65. The molecule has 5 rings (SSSR count). The minimum atomic E-state index is -0.696. The Morgan fingerprint density at radius 3 is 2.62 bits per heavy atom. The van der Waals surface area contributed by atoms with Gasteiger partial charge in [0.25, 0.3) is 5.91 Å². The highest BCUT2D eigenvalue weighted by atomic mass is 19.1. The number of rotatable bonds is 6. The Hall–Kier alpha value is -3.02. The van der Waals surface area contributed by atoms with E-state index in [4.69, 9.17) is 4.52 Å². The number of fused-ring (bicyclic) bond motifs is 1. The third kappa shape index (κ3) is 3.55. The summed E-state index contributed by atoms with van der Waals surface area (Å²) in [7, 11) is 0. The second-order valence-corrected chi connectivity index (χ2v) is 7.98. The van der Waals surface area contributed by atoms with Gasteiger partial charge in [-0.15, -0.1) is 0 Å². The van der Waals surface area contributed by atoms with Gasteiger partial charge < -0.3 is 9.42 Å². The molecule has 5 nitrogen and oxygen atoms in total. The average Bonchev–Trinajstić information content (AvgIpc) is 3.31. The predicted molar refractivity (Wildman–Crippen MR) is 105 cm³/mol. The number of carbonyl (C=O) groups is 1. The van der Waals surface area contributed by atoms with E-state index in [1.165, 1.54) is 0 Å². The van der Waals surface area contributed by atoms with E-state index in [2.05, 4.69) is 10.1 Å². The van der Waals surface area contributed by atoms with Crippen molar-refractivity contribution in [3.05, 3.63) is 83.0 Å². The number of halogens is 1. The molecule has 1 saturated carbocycles. The van der Waals surface area contributed by atoms with Crippen molar-refractivity contribution in [1.82, 2.24) is 15.0 Å². The van der Waals surface area contributed by atoms with Crippen molar-refractivity contribution in [1.29, 1.82) is 0 Å². The lowest BCUT2D eigenvalue weighted by Crippen LogP contribution is -2.31. The van der Waals surface area contributed by atoms with Crippen LogP contribution in [0.4, 0.5) is 4.39 Å². The molecule has 2 aromatic carbocycles. The van der Waals surface area contributed by atoms with Crippen LogP contribution in [0.1, 0.15) is 52.1 Å². The molecular formula is C23H22FN3O2. The summed E-state index contributed by atoms with van der Waals surface area (Å²) in [5.74, 6) is 1.31. The van der Waals surface area contributed by atoms with Gasteiger partial charge in [0, 0.05) is 24.9 Å². The van der Waals surface area contributed by atoms with Gasteiger partial charge in [-0.2, -0.15) is 4.98 Å². The van der Waals surface area contributed by atoms with E-state index in [1.54, 1.807) is 0 Å². The Morgan fingerprint density at radius 2 is 1.86 bits per heavy atom. The van der Waals surface area contributed by atoms with E-state index in [9.17, 15) is 9.18 Å². The standard InChI is InChI=1S/C23H22FN3O2/c24-18-10-16(11-18)13-21-25-22(29-26-21)20(12-15-6-2-1-3-7-15)27-14-17-8-4-5-9-19(17)23(27)28/h1-9,16,18,20H,10-14H2. The molecule has 0 spiro atoms. The molecule has 148 valence electrons. The van der Waals surface area contributed by atoms with Crippen LogP contribution in [0.15, 0.2) is 59.1 Å². The Morgan fingerprint density at radius 1 is 1.10 bits per heavy atom. The molecule has 1 atom stereocenters. The summed E-state index contributed by atoms with van der Waals surface area (Å²) in [5, 5.41) is 4.12. The highest BCUT2D eigenvalue weighted by Gasteiger charge is 2.37. The van der Waals surface area contributed by atoms with Gasteiger partial charge in [0.1, 0.15) is 12.2 Å². The van der Waals surface area contributed by atoms with Crippen molar-refractivity contribution in [3.63, 3.8) is 0 Å². The molecule has 0 radical (unpaired) electrons. The molecule has 0 N–H and O–H groups in total. The lowest BCUT2D eigenvalue weighted by atomic mass is 9.81. The first-order valence-corrected chi connectivity index (χ1v) is 10.1. The first-order valence-electron chi connectivity index (χ1n) is 10.1. The Balaban J connectivity index is 1.42. The van der Waals surface area contributed by atoms with Gasteiger partial charge in [-0.1, -0.05) is 53.7 Å². The van der Waals surface area contributed by atoms with Crippen LogP contribution >= 0.6 is 0 Å². The lowest BCUT2D eigenvalue weighted by Gasteiger charge is -2.28. The first-order chi connectivity index (χ1) is 14.2. The molecule has 1 fully saturated rings. The van der Waals surface area contributed by atoms with Gasteiger partial charge in [-0.05, 0) is 36.0 Å². The van der Waals surface area contributed by atoms with Crippen LogP contribution < -0.4 is 0 Å². The number of amides is 1. The van der Waals surface area contributed by atoms with Gasteiger partial charge in [0.15, 0.2) is 5.82 Å². The third-order valence-electron chi connectivity index (χ3n) is 5.92. The van der Waals surface area contributed by atoms with Crippen LogP contribution in [0.5, 0.6) is 0 Å². The van der Waals surface area contributed by atoms with E-state index < -0.39 is 6.17 Å². The number of hydrogen-bond donors (Lipinski definition) is 0. The van der Waals surface area contributed by atoms with Crippen molar-refractivity contribution in [2.24, 2.45) is 5.92 Å². The largest absolute Gasteiger partial charge is 0.337 e. The van der Waals surface area contributed by atoms with E-state index in [-0.39, 0.29) is 17.9 Å². The van der Waals surface area contributed by atoms with Crippen LogP contribution in [0.25, 0.3) is 0 Å². The molecule has 6 heteroatoms. The quantitative estimate of drug-likeness (QED) is 0.629. The van der Waals surface area contributed by atoms with Crippen LogP contribution in [0.3, 0.4) is 0 Å². The summed E-state index contributed by atoms with van der Waals surface area (Å²) < 4.78 is 18.7. The number of hydrogen-bond acceptors (Lipinski definition) is 4. The molecule has 2 aliphatic rings. The molecular weight excluding hydrogens is 369 g/mol. The van der Waals surface area contributed by atoms with Gasteiger partial charge in [-0.25, -0.2) is 4.39 Å². The minimum Gasteiger partial charge on any atom is -0.337 e. The molecule has 1 aliphatic carbocycles. The molecule has 2 heterocycles. The highest BCUT2D eigenvalue weighted by Crippen LogP contribution is 2.35. The number of carbonyl (C=O) groups excluding carboxylic acids is 1. The molecule has 29 heavy (non-hydrogen) atoms. The smallest absolute Gasteiger partial charge is 0.255 e. The van der Waals surface area contributed by atoms with Gasteiger partial charge in [-0.3, -0.25) is 4.79 Å². The van der Waals surface area contributed by atoms with E-state index in [0.29, 0.717) is 43.9 Å². The molecule has 0 saturated heterocycles. The summed E-state index contributed by atoms with van der Waals surface area (Å²) >= 11 is 0. The maximum atomic E-state index is 13.1. The van der Waals surface area contributed by atoms with E-state index >= 15 is 0 Å². The molecule has 1 aromatic heterocycles. The Labute approximate surface area is 168 Å². The molecule has 1 amide bonds. The lowest BCUT2D eigenvalue weighted by molar-refractivity contribution is 0.0663. The van der Waals surface area contributed by atoms with Crippen LogP contribution in [0, 0.1) is 5.92 Å². The van der Waals surface area contributed by atoms with Crippen LogP contribution in [0.2, 0.25) is 0 Å². The SMILES string of the molecule is O=C1c2ccccc2CN1C(Cc1ccccc1)c1nc(CC2CC(F)C2)no1. The first kappa shape index (κ1) is 18.0. The summed E-state index contributed by atoms with van der Waals surface area (Å²) in [6.45, 7) is 0.524. The zero-order chi connectivity index (χ0) is 19.8. The number of aromatic nitrogens is 2. The van der Waals surface area contributed by atoms with Crippen molar-refractivity contribution in [2.45, 2.75) is 44.4 Å². The van der Waals surface area contributed by atoms with Gasteiger partial charge >= 0.3 is 0 Å². The molecule has 1 unspecified atom stereocenters. The fourth-order valence-electron chi connectivity index (χ4n) is 4.26. The van der Waals surface area contributed by atoms with Gasteiger partial charge in [0.2, 0.25) is 5.89 Å². The number of nitrogens with zero attached hydrogens (tertiary/aromatic N) is 3. The number of alkyl halides is 1. The highest BCUT2D eigenvalue weighted by molar-refractivity contribution is 5.98. The maximum Gasteiger partial charge on any atom is 0.255 e. The summed E-state index contributed by atoms with van der Waals surface area (Å²) in [4.78, 5) is 19.5. The number of benzene rings is 2. The molecule has 0 bridgehead atoms. The zero-order valence-electron chi connectivity index (χ0n) is 16.0. The topological polar surface area (TPSA) is 59.2 Å². The summed E-state index contributed by atoms with van der Waals surface area (Å²) in [5.41, 5.74) is 2.84. The second-order valence-electron chi connectivity index (χ2n) is 7.98. The fraction of sp³-hybridized carbons (Fsp3) is 0.348. The van der Waals surface area contributed by atoms with E-state index in [0.717, 1.165) is 16.7 Å². The summed E-state index contributed by atoms with van der Waals surface area (Å²) in [6, 6.07) is 17.3. The van der Waals surface area contributed by atoms with Gasteiger partial charge in [0.05, 0.1) is 0 Å². The molecule has 1 aliphatic heterocycles. The second kappa shape index (κ2) is 7.43. The zero-order valence-corrected chi connectivity index (χ0v) is 16.0. The average molecular weight is 391 g/mol. The normalized spacial score (nSPS) is 21.7. The van der Waals surface area contributed by atoms with Crippen molar-refractivity contribution in [2.75, 3.05) is 0 Å². The molecule has 3 aromatic rings. The maximum absolute atomic E-state index is 13.1.